The maximum absolute atomic E-state index is 8.63. The Labute approximate surface area is 98.0 Å². The van der Waals surface area contributed by atoms with Gasteiger partial charge >= 0.3 is 0 Å². The first kappa shape index (κ1) is 11.7. The molecule has 0 amide bonds. The van der Waals surface area contributed by atoms with Gasteiger partial charge in [-0.3, -0.25) is 0 Å². The van der Waals surface area contributed by atoms with E-state index in [1.807, 2.05) is 12.1 Å². The van der Waals surface area contributed by atoms with E-state index in [-0.39, 0.29) is 0 Å². The Hall–Kier alpha value is -0.360. The standard InChI is InChI=1S/C10H9Cl2NS/c11-4-1-5-14-10-3-2-8(7-13)6-9(10)12/h2-3,6H,1,4-5H2. The third-order valence-corrected chi connectivity index (χ3v) is 3.45. The number of thioether (sulfide) groups is 1. The molecule has 0 aliphatic carbocycles. The summed E-state index contributed by atoms with van der Waals surface area (Å²) in [6, 6.07) is 7.38. The van der Waals surface area contributed by atoms with Crippen molar-refractivity contribution in [1.29, 1.82) is 5.26 Å². The van der Waals surface area contributed by atoms with Crippen LogP contribution in [0.3, 0.4) is 0 Å². The molecule has 74 valence electrons. The fourth-order valence-electron chi connectivity index (χ4n) is 0.924. The van der Waals surface area contributed by atoms with Gasteiger partial charge in [0.05, 0.1) is 16.7 Å². The molecule has 0 aromatic heterocycles. The number of halogens is 2. The number of benzene rings is 1. The molecule has 1 aromatic rings. The number of alkyl halides is 1. The van der Waals surface area contributed by atoms with Crippen molar-refractivity contribution in [3.05, 3.63) is 28.8 Å². The van der Waals surface area contributed by atoms with Crippen LogP contribution in [-0.4, -0.2) is 11.6 Å². The molecular formula is C10H9Cl2NS. The van der Waals surface area contributed by atoms with E-state index in [1.54, 1.807) is 23.9 Å². The maximum Gasteiger partial charge on any atom is 0.0992 e. The van der Waals surface area contributed by atoms with Crippen molar-refractivity contribution < 1.29 is 0 Å². The van der Waals surface area contributed by atoms with Crippen LogP contribution in [0.5, 0.6) is 0 Å². The van der Waals surface area contributed by atoms with Gasteiger partial charge < -0.3 is 0 Å². The van der Waals surface area contributed by atoms with E-state index in [0.717, 1.165) is 17.1 Å². The van der Waals surface area contributed by atoms with Crippen molar-refractivity contribution in [3.8, 4) is 6.07 Å². The van der Waals surface area contributed by atoms with Crippen LogP contribution in [0, 0.1) is 11.3 Å². The summed E-state index contributed by atoms with van der Waals surface area (Å²) in [6.45, 7) is 0. The van der Waals surface area contributed by atoms with Crippen LogP contribution in [-0.2, 0) is 0 Å². The van der Waals surface area contributed by atoms with E-state index in [0.29, 0.717) is 16.5 Å². The van der Waals surface area contributed by atoms with Gasteiger partial charge in [0.15, 0.2) is 0 Å². The summed E-state index contributed by atoms with van der Waals surface area (Å²) in [5, 5.41) is 9.28. The molecule has 0 unspecified atom stereocenters. The smallest absolute Gasteiger partial charge is 0.0992 e. The molecule has 0 saturated heterocycles. The third-order valence-electron chi connectivity index (χ3n) is 1.60. The Kier molecular flexibility index (Phi) is 5.17. The first-order valence-electron chi connectivity index (χ1n) is 4.16. The highest BCUT2D eigenvalue weighted by Gasteiger charge is 2.01. The summed E-state index contributed by atoms with van der Waals surface area (Å²) in [5.41, 5.74) is 0.594. The Morgan fingerprint density at radius 3 is 2.79 bits per heavy atom. The summed E-state index contributed by atoms with van der Waals surface area (Å²) < 4.78 is 0. The Morgan fingerprint density at radius 1 is 1.43 bits per heavy atom. The lowest BCUT2D eigenvalue weighted by molar-refractivity contribution is 1.11. The van der Waals surface area contributed by atoms with Gasteiger partial charge in [0.25, 0.3) is 0 Å². The van der Waals surface area contributed by atoms with Crippen LogP contribution in [0.15, 0.2) is 23.1 Å². The molecule has 0 radical (unpaired) electrons. The molecule has 1 rings (SSSR count). The number of nitrogens with zero attached hydrogens (tertiary/aromatic N) is 1. The zero-order valence-corrected chi connectivity index (χ0v) is 9.79. The minimum atomic E-state index is 0.594. The lowest BCUT2D eigenvalue weighted by Gasteiger charge is -2.02. The normalized spacial score (nSPS) is 9.79. The SMILES string of the molecule is N#Cc1ccc(SCCCCl)c(Cl)c1. The third kappa shape index (κ3) is 3.42. The molecule has 0 fully saturated rings. The lowest BCUT2D eigenvalue weighted by Crippen LogP contribution is -1.83. The quantitative estimate of drug-likeness (QED) is 0.456. The molecule has 0 aliphatic rings. The summed E-state index contributed by atoms with van der Waals surface area (Å²) in [6.07, 6.45) is 0.961. The molecule has 1 nitrogen and oxygen atoms in total. The van der Waals surface area contributed by atoms with Gasteiger partial charge in [0.1, 0.15) is 0 Å². The summed E-state index contributed by atoms with van der Waals surface area (Å²) in [4.78, 5) is 1.01. The van der Waals surface area contributed by atoms with E-state index < -0.39 is 0 Å². The largest absolute Gasteiger partial charge is 0.192 e. The topological polar surface area (TPSA) is 23.8 Å². The highest BCUT2D eigenvalue weighted by Crippen LogP contribution is 2.28. The summed E-state index contributed by atoms with van der Waals surface area (Å²) in [5.74, 6) is 1.62. The summed E-state index contributed by atoms with van der Waals surface area (Å²) in [7, 11) is 0. The second kappa shape index (κ2) is 6.19. The van der Waals surface area contributed by atoms with Crippen LogP contribution in [0.1, 0.15) is 12.0 Å². The molecule has 0 atom stereocenters. The predicted molar refractivity (Wildman–Crippen MR) is 62.2 cm³/mol. The van der Waals surface area contributed by atoms with Crippen molar-refractivity contribution in [2.24, 2.45) is 0 Å². The predicted octanol–water partition coefficient (Wildman–Crippen LogP) is 3.93. The molecule has 0 N–H and O–H groups in total. The highest BCUT2D eigenvalue weighted by atomic mass is 35.5. The van der Waals surface area contributed by atoms with Crippen molar-refractivity contribution >= 4 is 35.0 Å². The van der Waals surface area contributed by atoms with Gasteiger partial charge in [-0.25, -0.2) is 0 Å². The van der Waals surface area contributed by atoms with Crippen molar-refractivity contribution in [2.45, 2.75) is 11.3 Å². The summed E-state index contributed by atoms with van der Waals surface area (Å²) >= 11 is 13.2. The van der Waals surface area contributed by atoms with Gasteiger partial charge in [-0.1, -0.05) is 11.6 Å². The highest BCUT2D eigenvalue weighted by molar-refractivity contribution is 7.99. The van der Waals surface area contributed by atoms with Crippen molar-refractivity contribution in [2.75, 3.05) is 11.6 Å². The van der Waals surface area contributed by atoms with E-state index in [9.17, 15) is 0 Å². The molecule has 0 spiro atoms. The van der Waals surface area contributed by atoms with E-state index in [2.05, 4.69) is 0 Å². The monoisotopic (exact) mass is 245 g/mol. The lowest BCUT2D eigenvalue weighted by atomic mass is 10.2. The van der Waals surface area contributed by atoms with Crippen LogP contribution in [0.25, 0.3) is 0 Å². The maximum atomic E-state index is 8.63. The fourth-order valence-corrected chi connectivity index (χ4v) is 2.43. The number of nitriles is 1. The van der Waals surface area contributed by atoms with Crippen molar-refractivity contribution in [3.63, 3.8) is 0 Å². The molecule has 0 aliphatic heterocycles. The van der Waals surface area contributed by atoms with E-state index in [4.69, 9.17) is 28.5 Å². The zero-order valence-electron chi connectivity index (χ0n) is 7.46. The average Bonchev–Trinajstić information content (AvgIpc) is 2.20. The molecular weight excluding hydrogens is 237 g/mol. The van der Waals surface area contributed by atoms with Gasteiger partial charge in [-0.05, 0) is 30.4 Å². The average molecular weight is 246 g/mol. The van der Waals surface area contributed by atoms with Crippen LogP contribution >= 0.6 is 35.0 Å². The first-order chi connectivity index (χ1) is 6.77. The molecule has 0 bridgehead atoms. The van der Waals surface area contributed by atoms with Gasteiger partial charge in [-0.2, -0.15) is 5.26 Å². The van der Waals surface area contributed by atoms with E-state index >= 15 is 0 Å². The second-order valence-corrected chi connectivity index (χ2v) is 4.57. The van der Waals surface area contributed by atoms with Gasteiger partial charge in [0, 0.05) is 10.8 Å². The number of hydrogen-bond acceptors (Lipinski definition) is 2. The van der Waals surface area contributed by atoms with E-state index in [1.165, 1.54) is 0 Å². The molecule has 0 heterocycles. The van der Waals surface area contributed by atoms with Crippen LogP contribution in [0.2, 0.25) is 5.02 Å². The number of rotatable bonds is 4. The Morgan fingerprint density at radius 2 is 2.21 bits per heavy atom. The first-order valence-corrected chi connectivity index (χ1v) is 6.06. The Bertz CT molecular complexity index is 346. The van der Waals surface area contributed by atoms with Crippen LogP contribution in [0.4, 0.5) is 0 Å². The fraction of sp³-hybridized carbons (Fsp3) is 0.300. The molecule has 1 aromatic carbocycles. The minimum absolute atomic E-state index is 0.594. The molecule has 0 saturated carbocycles. The Balaban J connectivity index is 2.65. The van der Waals surface area contributed by atoms with Gasteiger partial charge in [-0.15, -0.1) is 23.4 Å². The van der Waals surface area contributed by atoms with Crippen molar-refractivity contribution in [1.82, 2.24) is 0 Å². The number of hydrogen-bond donors (Lipinski definition) is 0. The van der Waals surface area contributed by atoms with Crippen LogP contribution < -0.4 is 0 Å². The van der Waals surface area contributed by atoms with Gasteiger partial charge in [0.2, 0.25) is 0 Å². The molecule has 14 heavy (non-hydrogen) atoms. The minimum Gasteiger partial charge on any atom is -0.192 e. The second-order valence-electron chi connectivity index (χ2n) is 2.65. The molecule has 4 heteroatoms. The zero-order chi connectivity index (χ0) is 10.4.